The van der Waals surface area contributed by atoms with Crippen LogP contribution in [0.2, 0.25) is 0 Å². The number of hydrogen-bond donors (Lipinski definition) is 3. The second kappa shape index (κ2) is 12.0. The zero-order valence-electron chi connectivity index (χ0n) is 15.9. The highest BCUT2D eigenvalue weighted by atomic mass is 127. The molecule has 146 valence electrons. The van der Waals surface area contributed by atoms with Crippen LogP contribution in [-0.4, -0.2) is 38.1 Å². The fourth-order valence-corrected chi connectivity index (χ4v) is 2.37. The molecule has 0 heterocycles. The van der Waals surface area contributed by atoms with E-state index in [0.717, 1.165) is 23.8 Å². The lowest BCUT2D eigenvalue weighted by Gasteiger charge is -2.15. The van der Waals surface area contributed by atoms with Crippen molar-refractivity contribution in [3.63, 3.8) is 0 Å². The number of carbonyl (C=O) groups excluding carboxylic acids is 1. The Morgan fingerprint density at radius 1 is 1.27 bits per heavy atom. The second-order valence-corrected chi connectivity index (χ2v) is 6.69. The van der Waals surface area contributed by atoms with Gasteiger partial charge in [-0.2, -0.15) is 0 Å². The number of aliphatic imine (C=N–C) groups is 1. The van der Waals surface area contributed by atoms with E-state index in [1.54, 1.807) is 7.05 Å². The fourth-order valence-electron chi connectivity index (χ4n) is 2.37. The Balaban J connectivity index is 0.00000338. The maximum atomic E-state index is 11.7. The highest BCUT2D eigenvalue weighted by Gasteiger charge is 2.22. The molecule has 1 aromatic rings. The molecule has 1 saturated carbocycles. The lowest BCUT2D eigenvalue weighted by Crippen LogP contribution is -2.39. The molecule has 0 radical (unpaired) electrons. The number of rotatable bonds is 9. The van der Waals surface area contributed by atoms with Crippen molar-refractivity contribution in [3.05, 3.63) is 29.8 Å². The van der Waals surface area contributed by atoms with Crippen LogP contribution in [0.4, 0.5) is 0 Å². The van der Waals surface area contributed by atoms with E-state index in [4.69, 9.17) is 4.74 Å². The van der Waals surface area contributed by atoms with Crippen LogP contribution in [0, 0.1) is 5.92 Å². The van der Waals surface area contributed by atoms with Gasteiger partial charge < -0.3 is 20.7 Å². The van der Waals surface area contributed by atoms with Crippen LogP contribution in [-0.2, 0) is 11.3 Å². The second-order valence-electron chi connectivity index (χ2n) is 6.69. The van der Waals surface area contributed by atoms with E-state index in [9.17, 15) is 4.79 Å². The molecule has 0 atom stereocenters. The summed E-state index contributed by atoms with van der Waals surface area (Å²) in [6, 6.07) is 8.22. The summed E-state index contributed by atoms with van der Waals surface area (Å²) in [5.41, 5.74) is 1.10. The number of nitrogens with one attached hydrogen (secondary N) is 3. The Bertz CT molecular complexity index is 589. The third kappa shape index (κ3) is 8.73. The number of ether oxygens (including phenoxy) is 1. The molecule has 1 fully saturated rings. The highest BCUT2D eigenvalue weighted by molar-refractivity contribution is 14.0. The molecule has 0 aliphatic heterocycles. The van der Waals surface area contributed by atoms with Gasteiger partial charge in [-0.15, -0.1) is 24.0 Å². The Morgan fingerprint density at radius 3 is 2.65 bits per heavy atom. The summed E-state index contributed by atoms with van der Waals surface area (Å²) in [5.74, 6) is 2.37. The van der Waals surface area contributed by atoms with Crippen LogP contribution in [0.25, 0.3) is 0 Å². The molecule has 1 aromatic carbocycles. The first-order valence-corrected chi connectivity index (χ1v) is 9.03. The Kier molecular flexibility index (Phi) is 10.4. The van der Waals surface area contributed by atoms with E-state index in [0.29, 0.717) is 25.5 Å². The summed E-state index contributed by atoms with van der Waals surface area (Å²) in [4.78, 5) is 15.8. The smallest absolute Gasteiger partial charge is 0.221 e. The van der Waals surface area contributed by atoms with Crippen molar-refractivity contribution >= 4 is 35.8 Å². The summed E-state index contributed by atoms with van der Waals surface area (Å²) in [6.45, 7) is 5.87. The normalized spacial score (nSPS) is 13.8. The lowest BCUT2D eigenvalue weighted by atomic mass is 10.2. The van der Waals surface area contributed by atoms with Crippen molar-refractivity contribution in [1.29, 1.82) is 0 Å². The molecular formula is C19H31IN4O2. The van der Waals surface area contributed by atoms with E-state index in [-0.39, 0.29) is 35.9 Å². The van der Waals surface area contributed by atoms with Gasteiger partial charge in [0.15, 0.2) is 5.96 Å². The monoisotopic (exact) mass is 474 g/mol. The number of carbonyl (C=O) groups is 1. The van der Waals surface area contributed by atoms with Gasteiger partial charge >= 0.3 is 0 Å². The Hall–Kier alpha value is -1.51. The molecule has 3 N–H and O–H groups in total. The van der Waals surface area contributed by atoms with Crippen molar-refractivity contribution in [2.45, 2.75) is 45.7 Å². The third-order valence-electron chi connectivity index (χ3n) is 3.91. The number of halogens is 1. The predicted octanol–water partition coefficient (Wildman–Crippen LogP) is 2.67. The number of para-hydroxylation sites is 1. The molecule has 1 amide bonds. The molecule has 1 aliphatic rings. The van der Waals surface area contributed by atoms with E-state index < -0.39 is 0 Å². The van der Waals surface area contributed by atoms with Gasteiger partial charge in [-0.3, -0.25) is 9.79 Å². The van der Waals surface area contributed by atoms with Gasteiger partial charge in [0.05, 0.1) is 6.61 Å². The number of guanidine groups is 1. The number of benzene rings is 1. The average molecular weight is 474 g/mol. The summed E-state index contributed by atoms with van der Waals surface area (Å²) >= 11 is 0. The first-order valence-electron chi connectivity index (χ1n) is 9.03. The highest BCUT2D eigenvalue weighted by Crippen LogP contribution is 2.30. The fraction of sp³-hybridized carbons (Fsp3) is 0.579. The van der Waals surface area contributed by atoms with Gasteiger partial charge in [0.25, 0.3) is 0 Å². The topological polar surface area (TPSA) is 74.8 Å². The van der Waals surface area contributed by atoms with Crippen molar-refractivity contribution < 1.29 is 9.53 Å². The number of nitrogens with zero attached hydrogens (tertiary/aromatic N) is 1. The van der Waals surface area contributed by atoms with Gasteiger partial charge in [-0.25, -0.2) is 0 Å². The summed E-state index contributed by atoms with van der Waals surface area (Å²) in [6.07, 6.45) is 2.97. The van der Waals surface area contributed by atoms with Crippen LogP contribution in [0.1, 0.15) is 38.7 Å². The molecule has 2 rings (SSSR count). The standard InChI is InChI=1S/C19H30N4O2.HI/c1-14(2)23-18(24)10-11-21-19(20-3)22-12-16-6-4-5-7-17(16)25-13-15-8-9-15;/h4-7,14-15H,8-13H2,1-3H3,(H,23,24)(H2,20,21,22);1H. The van der Waals surface area contributed by atoms with Crippen LogP contribution in [0.3, 0.4) is 0 Å². The minimum atomic E-state index is 0. The molecule has 7 heteroatoms. The van der Waals surface area contributed by atoms with Crippen LogP contribution in [0.5, 0.6) is 5.75 Å². The van der Waals surface area contributed by atoms with Crippen LogP contribution in [0.15, 0.2) is 29.3 Å². The van der Waals surface area contributed by atoms with Gasteiger partial charge in [0, 0.05) is 38.2 Å². The van der Waals surface area contributed by atoms with E-state index in [1.165, 1.54) is 12.8 Å². The molecule has 0 aromatic heterocycles. The van der Waals surface area contributed by atoms with Crippen molar-refractivity contribution in [2.75, 3.05) is 20.2 Å². The Labute approximate surface area is 173 Å². The molecule has 26 heavy (non-hydrogen) atoms. The quantitative estimate of drug-likeness (QED) is 0.292. The SMILES string of the molecule is CN=C(NCCC(=O)NC(C)C)NCc1ccccc1OCC1CC1.I. The maximum absolute atomic E-state index is 11.7. The summed E-state index contributed by atoms with van der Waals surface area (Å²) in [5, 5.41) is 9.30. The number of amides is 1. The molecule has 0 saturated heterocycles. The summed E-state index contributed by atoms with van der Waals surface area (Å²) < 4.78 is 5.92. The molecule has 0 bridgehead atoms. The molecule has 1 aliphatic carbocycles. The van der Waals surface area contributed by atoms with Crippen molar-refractivity contribution in [3.8, 4) is 5.75 Å². The lowest BCUT2D eigenvalue weighted by molar-refractivity contribution is -0.121. The maximum Gasteiger partial charge on any atom is 0.221 e. The predicted molar refractivity (Wildman–Crippen MR) is 116 cm³/mol. The average Bonchev–Trinajstić information content (AvgIpc) is 3.40. The minimum absolute atomic E-state index is 0. The summed E-state index contributed by atoms with van der Waals surface area (Å²) in [7, 11) is 1.72. The van der Waals surface area contributed by atoms with E-state index in [2.05, 4.69) is 27.0 Å². The van der Waals surface area contributed by atoms with Crippen molar-refractivity contribution in [2.24, 2.45) is 10.9 Å². The molecule has 0 unspecified atom stereocenters. The van der Waals surface area contributed by atoms with Crippen molar-refractivity contribution in [1.82, 2.24) is 16.0 Å². The van der Waals surface area contributed by atoms with Gasteiger partial charge in [-0.1, -0.05) is 18.2 Å². The largest absolute Gasteiger partial charge is 0.493 e. The first-order chi connectivity index (χ1) is 12.1. The van der Waals surface area contributed by atoms with Gasteiger partial charge in [0.2, 0.25) is 5.91 Å². The van der Waals surface area contributed by atoms with E-state index in [1.807, 2.05) is 32.0 Å². The molecule has 0 spiro atoms. The zero-order chi connectivity index (χ0) is 18.1. The van der Waals surface area contributed by atoms with Gasteiger partial charge in [0.1, 0.15) is 5.75 Å². The first kappa shape index (κ1) is 22.5. The Morgan fingerprint density at radius 2 is 2.00 bits per heavy atom. The molecular weight excluding hydrogens is 443 g/mol. The zero-order valence-corrected chi connectivity index (χ0v) is 18.2. The number of hydrogen-bond acceptors (Lipinski definition) is 3. The minimum Gasteiger partial charge on any atom is -0.493 e. The van der Waals surface area contributed by atoms with Crippen LogP contribution < -0.4 is 20.7 Å². The third-order valence-corrected chi connectivity index (χ3v) is 3.91. The van der Waals surface area contributed by atoms with Crippen LogP contribution >= 0.6 is 24.0 Å². The molecule has 6 nitrogen and oxygen atoms in total. The van der Waals surface area contributed by atoms with E-state index >= 15 is 0 Å². The van der Waals surface area contributed by atoms with Gasteiger partial charge in [-0.05, 0) is 38.7 Å².